The number of primary amides is 1. The van der Waals surface area contributed by atoms with Gasteiger partial charge in [0.05, 0.1) is 10.6 Å². The number of nitrogens with one attached hydrogen (secondary N) is 1. The van der Waals surface area contributed by atoms with Crippen LogP contribution in [0, 0.1) is 0 Å². The minimum absolute atomic E-state index is 0.0470. The van der Waals surface area contributed by atoms with Crippen molar-refractivity contribution in [1.82, 2.24) is 0 Å². The summed E-state index contributed by atoms with van der Waals surface area (Å²) in [6, 6.07) is 11.6. The van der Waals surface area contributed by atoms with E-state index in [-0.39, 0.29) is 10.6 Å². The third-order valence-electron chi connectivity index (χ3n) is 2.93. The van der Waals surface area contributed by atoms with Gasteiger partial charge in [0, 0.05) is 17.8 Å². The molecule has 0 aliphatic rings. The molecule has 0 aromatic heterocycles. The Morgan fingerprint density at radius 1 is 1.14 bits per heavy atom. The van der Waals surface area contributed by atoms with E-state index >= 15 is 0 Å². The first-order chi connectivity index (χ1) is 9.97. The van der Waals surface area contributed by atoms with Crippen molar-refractivity contribution in [3.63, 3.8) is 0 Å². The minimum atomic E-state index is -1.07. The van der Waals surface area contributed by atoms with Crippen LogP contribution in [0.25, 0.3) is 0 Å². The molecule has 0 fully saturated rings. The van der Waals surface area contributed by atoms with Crippen molar-refractivity contribution in [2.45, 2.75) is 6.54 Å². The molecule has 2 aromatic rings. The molecule has 0 atom stereocenters. The Labute approximate surface area is 126 Å². The zero-order valence-electron chi connectivity index (χ0n) is 11.0. The van der Waals surface area contributed by atoms with E-state index in [0.717, 1.165) is 5.56 Å². The summed E-state index contributed by atoms with van der Waals surface area (Å²) in [5.74, 6) is -1.55. The zero-order chi connectivity index (χ0) is 15.4. The topological polar surface area (TPSA) is 92.4 Å². The molecular formula is C15H13ClN2O3. The van der Waals surface area contributed by atoms with Crippen LogP contribution in [-0.2, 0) is 6.54 Å². The van der Waals surface area contributed by atoms with E-state index in [0.29, 0.717) is 17.8 Å². The van der Waals surface area contributed by atoms with Gasteiger partial charge in [0.2, 0.25) is 5.91 Å². The lowest BCUT2D eigenvalue weighted by molar-refractivity contribution is 0.0697. The van der Waals surface area contributed by atoms with Gasteiger partial charge in [-0.3, -0.25) is 4.79 Å². The van der Waals surface area contributed by atoms with Gasteiger partial charge in [0.25, 0.3) is 0 Å². The standard InChI is InChI=1S/C15H13ClN2O3/c16-13-6-5-11(7-12(13)15(20)21)18-8-9-1-3-10(4-2-9)14(17)19/h1-7,18H,8H2,(H2,17,19)(H,20,21). The summed E-state index contributed by atoms with van der Waals surface area (Å²) in [5.41, 5.74) is 7.24. The summed E-state index contributed by atoms with van der Waals surface area (Å²) in [5, 5.41) is 12.3. The molecule has 5 nitrogen and oxygen atoms in total. The molecule has 0 heterocycles. The third kappa shape index (κ3) is 3.73. The fourth-order valence-electron chi connectivity index (χ4n) is 1.79. The van der Waals surface area contributed by atoms with Gasteiger partial charge in [-0.1, -0.05) is 23.7 Å². The Morgan fingerprint density at radius 2 is 1.81 bits per heavy atom. The number of nitrogens with two attached hydrogens (primary N) is 1. The van der Waals surface area contributed by atoms with Crippen molar-refractivity contribution in [2.24, 2.45) is 5.73 Å². The van der Waals surface area contributed by atoms with E-state index in [1.807, 2.05) is 0 Å². The molecule has 4 N–H and O–H groups in total. The molecule has 0 aliphatic heterocycles. The lowest BCUT2D eigenvalue weighted by atomic mass is 10.1. The maximum atomic E-state index is 11.0. The maximum Gasteiger partial charge on any atom is 0.337 e. The fraction of sp³-hybridized carbons (Fsp3) is 0.0667. The first kappa shape index (κ1) is 14.9. The summed E-state index contributed by atoms with van der Waals surface area (Å²) < 4.78 is 0. The van der Waals surface area contributed by atoms with E-state index in [2.05, 4.69) is 5.32 Å². The van der Waals surface area contributed by atoms with Gasteiger partial charge >= 0.3 is 5.97 Å². The maximum absolute atomic E-state index is 11.0. The molecule has 2 rings (SSSR count). The number of rotatable bonds is 5. The van der Waals surface area contributed by atoms with Crippen molar-refractivity contribution in [3.8, 4) is 0 Å². The monoisotopic (exact) mass is 304 g/mol. The van der Waals surface area contributed by atoms with Crippen LogP contribution < -0.4 is 11.1 Å². The van der Waals surface area contributed by atoms with Crippen LogP contribution in [0.5, 0.6) is 0 Å². The largest absolute Gasteiger partial charge is 0.478 e. The molecule has 21 heavy (non-hydrogen) atoms. The quantitative estimate of drug-likeness (QED) is 0.792. The number of amides is 1. The Hall–Kier alpha value is -2.53. The number of halogens is 1. The van der Waals surface area contributed by atoms with Crippen LogP contribution in [0.3, 0.4) is 0 Å². The molecule has 0 saturated carbocycles. The molecular weight excluding hydrogens is 292 g/mol. The molecule has 0 spiro atoms. The van der Waals surface area contributed by atoms with E-state index in [1.165, 1.54) is 12.1 Å². The van der Waals surface area contributed by atoms with Crippen molar-refractivity contribution in [1.29, 1.82) is 0 Å². The second kappa shape index (κ2) is 6.28. The normalized spacial score (nSPS) is 10.1. The predicted octanol–water partition coefficient (Wildman–Crippen LogP) is 2.75. The number of carbonyl (C=O) groups excluding carboxylic acids is 1. The predicted molar refractivity (Wildman–Crippen MR) is 80.7 cm³/mol. The van der Waals surface area contributed by atoms with Crippen molar-refractivity contribution in [2.75, 3.05) is 5.32 Å². The van der Waals surface area contributed by atoms with E-state index in [4.69, 9.17) is 22.4 Å². The number of carboxylic acids is 1. The van der Waals surface area contributed by atoms with Crippen molar-refractivity contribution < 1.29 is 14.7 Å². The zero-order valence-corrected chi connectivity index (χ0v) is 11.7. The first-order valence-electron chi connectivity index (χ1n) is 6.13. The van der Waals surface area contributed by atoms with Gasteiger partial charge in [0.1, 0.15) is 0 Å². The van der Waals surface area contributed by atoms with Crippen molar-refractivity contribution in [3.05, 3.63) is 64.2 Å². The second-order valence-electron chi connectivity index (χ2n) is 4.41. The molecule has 0 radical (unpaired) electrons. The number of aromatic carboxylic acids is 1. The van der Waals surface area contributed by atoms with Crippen LogP contribution in [0.15, 0.2) is 42.5 Å². The Balaban J connectivity index is 2.07. The molecule has 0 unspecified atom stereocenters. The van der Waals surface area contributed by atoms with Crippen LogP contribution in [0.2, 0.25) is 5.02 Å². The summed E-state index contributed by atoms with van der Waals surface area (Å²) in [7, 11) is 0. The molecule has 0 bridgehead atoms. The van der Waals surface area contributed by atoms with Gasteiger partial charge in [-0.15, -0.1) is 0 Å². The van der Waals surface area contributed by atoms with Gasteiger partial charge in [-0.2, -0.15) is 0 Å². The average Bonchev–Trinajstić information content (AvgIpc) is 2.46. The Morgan fingerprint density at radius 3 is 2.38 bits per heavy atom. The summed E-state index contributed by atoms with van der Waals surface area (Å²) in [4.78, 5) is 22.0. The van der Waals surface area contributed by atoms with Crippen LogP contribution >= 0.6 is 11.6 Å². The smallest absolute Gasteiger partial charge is 0.337 e. The van der Waals surface area contributed by atoms with E-state index in [9.17, 15) is 9.59 Å². The molecule has 108 valence electrons. The summed E-state index contributed by atoms with van der Waals surface area (Å²) >= 11 is 5.80. The second-order valence-corrected chi connectivity index (χ2v) is 4.82. The van der Waals surface area contributed by atoms with Gasteiger partial charge in [-0.05, 0) is 35.9 Å². The Bertz CT molecular complexity index is 684. The van der Waals surface area contributed by atoms with Crippen LogP contribution in [-0.4, -0.2) is 17.0 Å². The summed E-state index contributed by atoms with van der Waals surface area (Å²) in [6.07, 6.45) is 0. The third-order valence-corrected chi connectivity index (χ3v) is 3.26. The minimum Gasteiger partial charge on any atom is -0.478 e. The highest BCUT2D eigenvalue weighted by Gasteiger charge is 2.09. The molecule has 0 saturated heterocycles. The highest BCUT2D eigenvalue weighted by Crippen LogP contribution is 2.21. The number of carbonyl (C=O) groups is 2. The van der Waals surface area contributed by atoms with Crippen molar-refractivity contribution >= 4 is 29.2 Å². The fourth-order valence-corrected chi connectivity index (χ4v) is 1.99. The van der Waals surface area contributed by atoms with Crippen LogP contribution in [0.1, 0.15) is 26.3 Å². The number of anilines is 1. The molecule has 1 amide bonds. The summed E-state index contributed by atoms with van der Waals surface area (Å²) in [6.45, 7) is 0.486. The number of carboxylic acid groups (broad SMARTS) is 1. The molecule has 0 aliphatic carbocycles. The van der Waals surface area contributed by atoms with Gasteiger partial charge in [-0.25, -0.2) is 4.79 Å². The number of benzene rings is 2. The molecule has 6 heteroatoms. The number of hydrogen-bond donors (Lipinski definition) is 3. The van der Waals surface area contributed by atoms with E-state index in [1.54, 1.807) is 30.3 Å². The Kier molecular flexibility index (Phi) is 4.45. The number of hydrogen-bond acceptors (Lipinski definition) is 3. The SMILES string of the molecule is NC(=O)c1ccc(CNc2ccc(Cl)c(C(=O)O)c2)cc1. The highest BCUT2D eigenvalue weighted by atomic mass is 35.5. The van der Waals surface area contributed by atoms with Gasteiger partial charge < -0.3 is 16.2 Å². The lowest BCUT2D eigenvalue weighted by Gasteiger charge is -2.08. The highest BCUT2D eigenvalue weighted by molar-refractivity contribution is 6.33. The van der Waals surface area contributed by atoms with E-state index < -0.39 is 11.9 Å². The lowest BCUT2D eigenvalue weighted by Crippen LogP contribution is -2.10. The average molecular weight is 305 g/mol. The molecule has 2 aromatic carbocycles. The first-order valence-corrected chi connectivity index (χ1v) is 6.50. The van der Waals surface area contributed by atoms with Crippen LogP contribution in [0.4, 0.5) is 5.69 Å². The van der Waals surface area contributed by atoms with Gasteiger partial charge in [0.15, 0.2) is 0 Å².